The van der Waals surface area contributed by atoms with E-state index in [1.807, 2.05) is 60.7 Å². The molecule has 0 aromatic heterocycles. The molecule has 1 amide bonds. The van der Waals surface area contributed by atoms with Gasteiger partial charge in [-0.3, -0.25) is 4.79 Å². The first-order valence-corrected chi connectivity index (χ1v) is 9.70. The summed E-state index contributed by atoms with van der Waals surface area (Å²) in [6.07, 6.45) is 0. The van der Waals surface area contributed by atoms with Crippen molar-refractivity contribution in [2.75, 3.05) is 6.79 Å². The molecule has 1 heterocycles. The van der Waals surface area contributed by atoms with E-state index in [0.717, 1.165) is 22.8 Å². The summed E-state index contributed by atoms with van der Waals surface area (Å²) in [4.78, 5) is 13.6. The number of thioether (sulfide) groups is 1. The van der Waals surface area contributed by atoms with E-state index in [4.69, 9.17) is 9.47 Å². The predicted octanol–water partition coefficient (Wildman–Crippen LogP) is 4.64. The van der Waals surface area contributed by atoms with Crippen molar-refractivity contribution in [3.8, 4) is 11.5 Å². The normalized spacial score (nSPS) is 12.0. The van der Waals surface area contributed by atoms with Gasteiger partial charge in [0.05, 0.1) is 0 Å². The quantitative estimate of drug-likeness (QED) is 0.636. The van der Waals surface area contributed by atoms with Crippen molar-refractivity contribution >= 4 is 17.7 Å². The van der Waals surface area contributed by atoms with Crippen LogP contribution < -0.4 is 14.8 Å². The standard InChI is InChI=1S/C22H19NO3S/c24-22(23-13-17-8-11-20-21(12-17)26-15-25-20)18-9-6-16(7-10-18)14-27-19-4-2-1-3-5-19/h1-12H,13-15H2,(H,23,24). The van der Waals surface area contributed by atoms with E-state index in [2.05, 4.69) is 17.4 Å². The first kappa shape index (κ1) is 17.5. The van der Waals surface area contributed by atoms with Crippen LogP contribution in [0.25, 0.3) is 0 Å². The number of hydrogen-bond acceptors (Lipinski definition) is 4. The Morgan fingerprint density at radius 2 is 1.63 bits per heavy atom. The lowest BCUT2D eigenvalue weighted by Crippen LogP contribution is -2.22. The van der Waals surface area contributed by atoms with Gasteiger partial charge in [0, 0.05) is 22.8 Å². The van der Waals surface area contributed by atoms with Crippen LogP contribution in [-0.4, -0.2) is 12.7 Å². The van der Waals surface area contributed by atoms with Crippen LogP contribution in [0.2, 0.25) is 0 Å². The molecule has 3 aromatic carbocycles. The number of benzene rings is 3. The molecule has 0 bridgehead atoms. The van der Waals surface area contributed by atoms with Crippen LogP contribution >= 0.6 is 11.8 Å². The molecule has 5 heteroatoms. The molecule has 4 nitrogen and oxygen atoms in total. The molecule has 1 aliphatic heterocycles. The molecule has 136 valence electrons. The number of amides is 1. The van der Waals surface area contributed by atoms with Gasteiger partial charge in [-0.1, -0.05) is 36.4 Å². The molecule has 4 rings (SSSR count). The molecule has 0 aliphatic carbocycles. The first-order chi connectivity index (χ1) is 13.3. The average molecular weight is 377 g/mol. The molecule has 0 spiro atoms. The zero-order chi connectivity index (χ0) is 18.5. The van der Waals surface area contributed by atoms with E-state index in [-0.39, 0.29) is 12.7 Å². The summed E-state index contributed by atoms with van der Waals surface area (Å²) in [5, 5.41) is 2.94. The summed E-state index contributed by atoms with van der Waals surface area (Å²) in [6, 6.07) is 23.7. The van der Waals surface area contributed by atoms with Gasteiger partial charge in [-0.2, -0.15) is 0 Å². The van der Waals surface area contributed by atoms with Crippen LogP contribution in [-0.2, 0) is 12.3 Å². The monoisotopic (exact) mass is 377 g/mol. The van der Waals surface area contributed by atoms with Crippen molar-refractivity contribution in [1.82, 2.24) is 5.32 Å². The lowest BCUT2D eigenvalue weighted by Gasteiger charge is -2.07. The molecule has 1 N–H and O–H groups in total. The van der Waals surface area contributed by atoms with E-state index in [0.29, 0.717) is 12.1 Å². The molecule has 0 atom stereocenters. The van der Waals surface area contributed by atoms with E-state index in [1.165, 1.54) is 10.5 Å². The van der Waals surface area contributed by atoms with Crippen LogP contribution in [0.5, 0.6) is 11.5 Å². The summed E-state index contributed by atoms with van der Waals surface area (Å²) in [5.74, 6) is 2.26. The summed E-state index contributed by atoms with van der Waals surface area (Å²) in [5.41, 5.74) is 2.82. The second-order valence-corrected chi connectivity index (χ2v) is 7.22. The summed E-state index contributed by atoms with van der Waals surface area (Å²) in [6.45, 7) is 0.696. The molecular formula is C22H19NO3S. The van der Waals surface area contributed by atoms with Crippen LogP contribution in [0.1, 0.15) is 21.5 Å². The molecule has 0 radical (unpaired) electrons. The van der Waals surface area contributed by atoms with Crippen molar-refractivity contribution in [2.45, 2.75) is 17.2 Å². The maximum Gasteiger partial charge on any atom is 0.251 e. The van der Waals surface area contributed by atoms with Gasteiger partial charge in [0.1, 0.15) is 0 Å². The van der Waals surface area contributed by atoms with Gasteiger partial charge in [-0.05, 0) is 47.5 Å². The summed E-state index contributed by atoms with van der Waals surface area (Å²) in [7, 11) is 0. The van der Waals surface area contributed by atoms with Crippen LogP contribution in [0.3, 0.4) is 0 Å². The fourth-order valence-corrected chi connectivity index (χ4v) is 3.65. The number of nitrogens with one attached hydrogen (secondary N) is 1. The third-order valence-electron chi connectivity index (χ3n) is 4.25. The third-order valence-corrected chi connectivity index (χ3v) is 5.34. The third kappa shape index (κ3) is 4.44. The number of hydrogen-bond donors (Lipinski definition) is 1. The SMILES string of the molecule is O=C(NCc1ccc2c(c1)OCO2)c1ccc(CSc2ccccc2)cc1. The predicted molar refractivity (Wildman–Crippen MR) is 106 cm³/mol. The Balaban J connectivity index is 1.31. The number of ether oxygens (including phenoxy) is 2. The summed E-state index contributed by atoms with van der Waals surface area (Å²) < 4.78 is 10.7. The van der Waals surface area contributed by atoms with Gasteiger partial charge in [0.2, 0.25) is 6.79 Å². The van der Waals surface area contributed by atoms with E-state index < -0.39 is 0 Å². The minimum atomic E-state index is -0.0880. The zero-order valence-corrected chi connectivity index (χ0v) is 15.5. The van der Waals surface area contributed by atoms with E-state index >= 15 is 0 Å². The number of carbonyl (C=O) groups excluding carboxylic acids is 1. The molecule has 0 saturated carbocycles. The van der Waals surface area contributed by atoms with E-state index in [1.54, 1.807) is 11.8 Å². The smallest absolute Gasteiger partial charge is 0.251 e. The van der Waals surface area contributed by atoms with Crippen LogP contribution in [0.15, 0.2) is 77.7 Å². The Morgan fingerprint density at radius 3 is 2.44 bits per heavy atom. The van der Waals surface area contributed by atoms with Crippen molar-refractivity contribution in [2.24, 2.45) is 0 Å². The minimum absolute atomic E-state index is 0.0880. The topological polar surface area (TPSA) is 47.6 Å². The van der Waals surface area contributed by atoms with Gasteiger partial charge in [0.25, 0.3) is 5.91 Å². The Bertz CT molecular complexity index is 926. The molecule has 3 aromatic rings. The van der Waals surface area contributed by atoms with Gasteiger partial charge in [0.15, 0.2) is 11.5 Å². The highest BCUT2D eigenvalue weighted by molar-refractivity contribution is 7.98. The maximum atomic E-state index is 12.4. The molecule has 1 aliphatic rings. The molecule has 0 saturated heterocycles. The second kappa shape index (κ2) is 8.18. The Hall–Kier alpha value is -2.92. The minimum Gasteiger partial charge on any atom is -0.454 e. The van der Waals surface area contributed by atoms with E-state index in [9.17, 15) is 4.79 Å². The highest BCUT2D eigenvalue weighted by atomic mass is 32.2. The van der Waals surface area contributed by atoms with Gasteiger partial charge in [-0.15, -0.1) is 11.8 Å². The lowest BCUT2D eigenvalue weighted by molar-refractivity contribution is 0.0951. The largest absolute Gasteiger partial charge is 0.454 e. The number of fused-ring (bicyclic) bond motifs is 1. The average Bonchev–Trinajstić information content (AvgIpc) is 3.19. The van der Waals surface area contributed by atoms with Crippen molar-refractivity contribution < 1.29 is 14.3 Å². The molecule has 0 fully saturated rings. The van der Waals surface area contributed by atoms with Crippen molar-refractivity contribution in [1.29, 1.82) is 0 Å². The first-order valence-electron chi connectivity index (χ1n) is 8.71. The highest BCUT2D eigenvalue weighted by Gasteiger charge is 2.13. The fourth-order valence-electron chi connectivity index (χ4n) is 2.77. The van der Waals surface area contributed by atoms with Gasteiger partial charge in [-0.25, -0.2) is 0 Å². The Labute approximate surface area is 162 Å². The summed E-state index contributed by atoms with van der Waals surface area (Å²) >= 11 is 1.78. The Morgan fingerprint density at radius 1 is 0.889 bits per heavy atom. The van der Waals surface area contributed by atoms with Crippen molar-refractivity contribution in [3.63, 3.8) is 0 Å². The zero-order valence-electron chi connectivity index (χ0n) is 14.7. The van der Waals surface area contributed by atoms with Gasteiger partial charge < -0.3 is 14.8 Å². The molecular weight excluding hydrogens is 358 g/mol. The second-order valence-electron chi connectivity index (χ2n) is 6.17. The highest BCUT2D eigenvalue weighted by Crippen LogP contribution is 2.32. The molecule has 0 unspecified atom stereocenters. The van der Waals surface area contributed by atoms with Crippen LogP contribution in [0, 0.1) is 0 Å². The molecule has 27 heavy (non-hydrogen) atoms. The van der Waals surface area contributed by atoms with Crippen molar-refractivity contribution in [3.05, 3.63) is 89.5 Å². The maximum absolute atomic E-state index is 12.4. The fraction of sp³-hybridized carbons (Fsp3) is 0.136. The van der Waals surface area contributed by atoms with Crippen LogP contribution in [0.4, 0.5) is 0 Å². The lowest BCUT2D eigenvalue weighted by atomic mass is 10.1. The van der Waals surface area contributed by atoms with Gasteiger partial charge >= 0.3 is 0 Å². The Kier molecular flexibility index (Phi) is 5.30. The number of rotatable bonds is 6. The number of carbonyl (C=O) groups is 1.